The van der Waals surface area contributed by atoms with Crippen molar-refractivity contribution in [3.63, 3.8) is 0 Å². The monoisotopic (exact) mass is 188 g/mol. The summed E-state index contributed by atoms with van der Waals surface area (Å²) in [5, 5.41) is 0. The summed E-state index contributed by atoms with van der Waals surface area (Å²) in [7, 11) is 0. The predicted octanol–water partition coefficient (Wildman–Crippen LogP) is 4.36. The fourth-order valence-corrected chi connectivity index (χ4v) is 0.652. The highest BCUT2D eigenvalue weighted by atomic mass is 19.3. The molecule has 0 unspecified atom stereocenters. The Morgan fingerprint density at radius 2 is 1.62 bits per heavy atom. The third-order valence-electron chi connectivity index (χ3n) is 1.53. The summed E-state index contributed by atoms with van der Waals surface area (Å²) in [5.74, 6) is 0. The van der Waals surface area contributed by atoms with Crippen LogP contribution >= 0.6 is 0 Å². The van der Waals surface area contributed by atoms with Gasteiger partial charge in [-0.2, -0.15) is 0 Å². The fourth-order valence-electron chi connectivity index (χ4n) is 0.652. The van der Waals surface area contributed by atoms with Crippen molar-refractivity contribution in [1.29, 1.82) is 0 Å². The molecule has 0 spiro atoms. The average Bonchev–Trinajstić information content (AvgIpc) is 2.08. The van der Waals surface area contributed by atoms with Gasteiger partial charge in [-0.1, -0.05) is 38.7 Å². The summed E-state index contributed by atoms with van der Waals surface area (Å²) in [5.41, 5.74) is 1.15. The lowest BCUT2D eigenvalue weighted by Crippen LogP contribution is -1.97. The van der Waals surface area contributed by atoms with Crippen LogP contribution in [-0.2, 0) is 0 Å². The first-order valence-corrected chi connectivity index (χ1v) is 4.28. The number of rotatable bonds is 3. The van der Waals surface area contributed by atoms with Crippen LogP contribution in [0.15, 0.2) is 36.0 Å². The molecule has 0 saturated heterocycles. The lowest BCUT2D eigenvalue weighted by atomic mass is 10.0. The van der Waals surface area contributed by atoms with E-state index in [0.717, 1.165) is 0 Å². The molecule has 0 amide bonds. The number of hydrogen-bond donors (Lipinski definition) is 0. The van der Waals surface area contributed by atoms with Gasteiger partial charge in [0, 0.05) is 5.57 Å². The minimum Gasteiger partial charge on any atom is -0.205 e. The van der Waals surface area contributed by atoms with Crippen LogP contribution in [0.1, 0.15) is 27.7 Å². The predicted molar refractivity (Wildman–Crippen MR) is 55.1 cm³/mol. The molecule has 0 fully saturated rings. The van der Waals surface area contributed by atoms with Crippen molar-refractivity contribution in [2.75, 3.05) is 0 Å². The van der Waals surface area contributed by atoms with Crippen molar-refractivity contribution < 1.29 is 8.78 Å². The summed E-state index contributed by atoms with van der Waals surface area (Å²) < 4.78 is 24.3. The van der Waals surface area contributed by atoms with Gasteiger partial charge >= 0.3 is 0 Å². The van der Waals surface area contributed by atoms with Crippen molar-refractivity contribution in [3.8, 4) is 0 Å². The van der Waals surface area contributed by atoms with E-state index in [-0.39, 0.29) is 5.57 Å². The van der Waals surface area contributed by atoms with E-state index in [1.54, 1.807) is 13.8 Å². The van der Waals surface area contributed by atoms with Gasteiger partial charge in [0.2, 0.25) is 0 Å². The largest absolute Gasteiger partial charge is 0.264 e. The minimum absolute atomic E-state index is 0.0301. The van der Waals surface area contributed by atoms with Crippen molar-refractivity contribution in [2.45, 2.75) is 34.1 Å². The number of halogens is 2. The fraction of sp³-hybridized carbons (Fsp3) is 0.455. The first-order valence-electron chi connectivity index (χ1n) is 4.28. The van der Waals surface area contributed by atoms with Gasteiger partial charge in [-0.05, 0) is 19.4 Å². The Kier molecular flexibility index (Phi) is 8.66. The minimum atomic E-state index is -2.45. The second-order valence-electron chi connectivity index (χ2n) is 2.37. The van der Waals surface area contributed by atoms with Gasteiger partial charge in [-0.3, -0.25) is 0 Å². The van der Waals surface area contributed by atoms with Crippen LogP contribution in [0.3, 0.4) is 0 Å². The first-order chi connectivity index (χ1) is 6.00. The van der Waals surface area contributed by atoms with Gasteiger partial charge in [-0.25, -0.2) is 8.78 Å². The van der Waals surface area contributed by atoms with Crippen LogP contribution in [-0.4, -0.2) is 6.43 Å². The first kappa shape index (κ1) is 14.6. The van der Waals surface area contributed by atoms with Gasteiger partial charge in [0.25, 0.3) is 6.43 Å². The van der Waals surface area contributed by atoms with Crippen molar-refractivity contribution in [1.82, 2.24) is 0 Å². The number of allylic oxidation sites excluding steroid dienone is 4. The van der Waals surface area contributed by atoms with Crippen LogP contribution in [0.2, 0.25) is 0 Å². The third kappa shape index (κ3) is 5.34. The molecule has 0 bridgehead atoms. The summed E-state index contributed by atoms with van der Waals surface area (Å²) >= 11 is 0. The Morgan fingerprint density at radius 1 is 1.23 bits per heavy atom. The summed E-state index contributed by atoms with van der Waals surface area (Å²) in [6, 6.07) is 0. The van der Waals surface area contributed by atoms with Crippen LogP contribution in [0, 0.1) is 0 Å². The second-order valence-corrected chi connectivity index (χ2v) is 2.37. The van der Waals surface area contributed by atoms with Crippen molar-refractivity contribution >= 4 is 0 Å². The third-order valence-corrected chi connectivity index (χ3v) is 1.53. The lowest BCUT2D eigenvalue weighted by Gasteiger charge is -2.05. The Bertz CT molecular complexity index is 200. The number of alkyl halides is 2. The molecule has 0 rings (SSSR count). The zero-order valence-electron chi connectivity index (χ0n) is 8.82. The van der Waals surface area contributed by atoms with E-state index in [1.807, 2.05) is 13.8 Å². The van der Waals surface area contributed by atoms with Crippen molar-refractivity contribution in [3.05, 3.63) is 36.0 Å². The lowest BCUT2D eigenvalue weighted by molar-refractivity contribution is 0.193. The molecule has 76 valence electrons. The topological polar surface area (TPSA) is 0 Å². The zero-order valence-corrected chi connectivity index (χ0v) is 8.82. The SMILES string of the molecule is C=C/C(=C(/C)C(=C)C)C(F)F.CC. The Hall–Kier alpha value is -0.920. The zero-order chi connectivity index (χ0) is 11.0. The van der Waals surface area contributed by atoms with Gasteiger partial charge in [0.05, 0.1) is 0 Å². The molecule has 0 aromatic carbocycles. The molecular weight excluding hydrogens is 170 g/mol. The molecule has 0 N–H and O–H groups in total. The Balaban J connectivity index is 0. The molecule has 0 heterocycles. The van der Waals surface area contributed by atoms with Gasteiger partial charge in [0.1, 0.15) is 0 Å². The maximum Gasteiger partial charge on any atom is 0.264 e. The van der Waals surface area contributed by atoms with E-state index in [1.165, 1.54) is 6.08 Å². The van der Waals surface area contributed by atoms with Crippen LogP contribution < -0.4 is 0 Å². The van der Waals surface area contributed by atoms with E-state index in [2.05, 4.69) is 13.2 Å². The molecule has 0 aromatic heterocycles. The van der Waals surface area contributed by atoms with E-state index in [0.29, 0.717) is 11.1 Å². The maximum atomic E-state index is 12.1. The number of hydrogen-bond acceptors (Lipinski definition) is 0. The molecule has 0 saturated carbocycles. The highest BCUT2D eigenvalue weighted by molar-refractivity contribution is 5.36. The Morgan fingerprint density at radius 3 is 1.69 bits per heavy atom. The smallest absolute Gasteiger partial charge is 0.205 e. The summed E-state index contributed by atoms with van der Waals surface area (Å²) in [4.78, 5) is 0. The highest BCUT2D eigenvalue weighted by Crippen LogP contribution is 2.19. The maximum absolute atomic E-state index is 12.1. The molecule has 13 heavy (non-hydrogen) atoms. The van der Waals surface area contributed by atoms with Crippen molar-refractivity contribution in [2.24, 2.45) is 0 Å². The molecular formula is C11H18F2. The van der Waals surface area contributed by atoms with E-state index in [4.69, 9.17) is 0 Å². The molecule has 0 aromatic rings. The van der Waals surface area contributed by atoms with Crippen LogP contribution in [0.4, 0.5) is 8.78 Å². The van der Waals surface area contributed by atoms with E-state index >= 15 is 0 Å². The average molecular weight is 188 g/mol. The van der Waals surface area contributed by atoms with Gasteiger partial charge in [-0.15, -0.1) is 0 Å². The summed E-state index contributed by atoms with van der Waals surface area (Å²) in [6.45, 7) is 14.2. The van der Waals surface area contributed by atoms with E-state index < -0.39 is 6.43 Å². The molecule has 0 aliphatic rings. The van der Waals surface area contributed by atoms with Gasteiger partial charge < -0.3 is 0 Å². The molecule has 0 aliphatic carbocycles. The standard InChI is InChI=1S/C9H12F2.C2H6/c1-5-8(9(10)11)7(4)6(2)3;1-2/h5,9H,1-2H2,3-4H3;1-2H3/b8-7+;. The second kappa shape index (κ2) is 7.71. The van der Waals surface area contributed by atoms with Crippen LogP contribution in [0.25, 0.3) is 0 Å². The Labute approximate surface area is 79.7 Å². The molecule has 0 nitrogen and oxygen atoms in total. The molecule has 0 radical (unpaired) electrons. The molecule has 0 atom stereocenters. The normalized spacial score (nSPS) is 11.3. The molecule has 0 aliphatic heterocycles. The van der Waals surface area contributed by atoms with E-state index in [9.17, 15) is 8.78 Å². The quantitative estimate of drug-likeness (QED) is 0.577. The summed E-state index contributed by atoms with van der Waals surface area (Å²) in [6.07, 6.45) is -1.28. The van der Waals surface area contributed by atoms with Crippen LogP contribution in [0.5, 0.6) is 0 Å². The molecule has 2 heteroatoms. The highest BCUT2D eigenvalue weighted by Gasteiger charge is 2.10. The van der Waals surface area contributed by atoms with Gasteiger partial charge in [0.15, 0.2) is 0 Å².